The molecule has 1 atom stereocenters. The first-order valence-electron chi connectivity index (χ1n) is 9.76. The van der Waals surface area contributed by atoms with Gasteiger partial charge in [-0.3, -0.25) is 4.99 Å². The molecule has 0 amide bonds. The van der Waals surface area contributed by atoms with E-state index in [0.717, 1.165) is 16.9 Å². The average Bonchev–Trinajstić information content (AvgIpc) is 3.35. The Balaban J connectivity index is 1.92. The number of thiophene rings is 1. The number of hydrogen-bond acceptors (Lipinski definition) is 9. The maximum absolute atomic E-state index is 12.6. The van der Waals surface area contributed by atoms with Crippen molar-refractivity contribution in [2.24, 2.45) is 4.99 Å². The summed E-state index contributed by atoms with van der Waals surface area (Å²) in [5.74, 6) is 0.754. The lowest BCUT2D eigenvalue weighted by Crippen LogP contribution is -2.40. The third-order valence-electron chi connectivity index (χ3n) is 4.38. The van der Waals surface area contributed by atoms with E-state index >= 15 is 0 Å². The van der Waals surface area contributed by atoms with Crippen molar-refractivity contribution in [1.29, 1.82) is 0 Å². The summed E-state index contributed by atoms with van der Waals surface area (Å²) in [4.78, 5) is 5.86. The summed E-state index contributed by atoms with van der Waals surface area (Å²) in [6, 6.07) is 1.91. The fourth-order valence-electron chi connectivity index (χ4n) is 2.85. The molecule has 3 rings (SSSR count). The molecule has 3 aromatic heterocycles. The molecule has 0 saturated heterocycles. The molecular weight excluding hydrogens is 474 g/mol. The molecule has 176 valence electrons. The van der Waals surface area contributed by atoms with E-state index < -0.39 is 32.5 Å². The number of hydrogen-bond donors (Lipinski definition) is 3. The van der Waals surface area contributed by atoms with Crippen LogP contribution in [0.25, 0.3) is 0 Å². The number of aromatic nitrogens is 2. The fourth-order valence-corrected chi connectivity index (χ4v) is 6.33. The fraction of sp³-hybridized carbons (Fsp3) is 0.474. The third-order valence-corrected chi connectivity index (χ3v) is 8.34. The highest BCUT2D eigenvalue weighted by molar-refractivity contribution is 7.91. The first-order valence-corrected chi connectivity index (χ1v) is 13.2. The molecule has 3 N–H and O–H groups in total. The van der Waals surface area contributed by atoms with Crippen molar-refractivity contribution in [2.45, 2.75) is 56.8 Å². The van der Waals surface area contributed by atoms with Crippen LogP contribution in [-0.2, 0) is 16.6 Å². The molecule has 13 heteroatoms. The lowest BCUT2D eigenvalue weighted by Gasteiger charge is -2.20. The van der Waals surface area contributed by atoms with Gasteiger partial charge in [0.1, 0.15) is 5.76 Å². The van der Waals surface area contributed by atoms with Gasteiger partial charge in [-0.05, 0) is 38.3 Å². The maximum Gasteiger partial charge on any atom is 0.254 e. The van der Waals surface area contributed by atoms with Gasteiger partial charge in [-0.1, -0.05) is 13.8 Å². The lowest BCUT2D eigenvalue weighted by atomic mass is 10.1. The first-order chi connectivity index (χ1) is 14.8. The molecule has 0 aliphatic heterocycles. The zero-order valence-electron chi connectivity index (χ0n) is 18.7. The van der Waals surface area contributed by atoms with Crippen molar-refractivity contribution in [3.05, 3.63) is 34.5 Å². The normalized spacial score (nSPS) is 13.9. The standard InChI is InChI=1S/C19H27N5O5S3/c1-11(2)12-7-13(29-9-12)8-20-16-17(22-31(26)21-16)24(6)14-10-30-18(15(14)25)32(27,28)23-19(3,4)5/h7,9-11,23,25H,8H2,1-6H3,(H,20,21). The second kappa shape index (κ2) is 8.98. The molecular formula is C19H27N5O5S3. The molecule has 0 radical (unpaired) electrons. The predicted molar refractivity (Wildman–Crippen MR) is 123 cm³/mol. The predicted octanol–water partition coefficient (Wildman–Crippen LogP) is 3.57. The van der Waals surface area contributed by atoms with E-state index in [4.69, 9.17) is 4.42 Å². The van der Waals surface area contributed by atoms with Crippen molar-refractivity contribution in [3.8, 4) is 5.75 Å². The van der Waals surface area contributed by atoms with Crippen LogP contribution in [0.4, 0.5) is 11.5 Å². The van der Waals surface area contributed by atoms with E-state index in [1.165, 1.54) is 10.3 Å². The highest BCUT2D eigenvalue weighted by Gasteiger charge is 2.30. The van der Waals surface area contributed by atoms with Crippen molar-refractivity contribution < 1.29 is 22.5 Å². The minimum absolute atomic E-state index is 0.198. The van der Waals surface area contributed by atoms with Crippen LogP contribution in [0.15, 0.2) is 31.3 Å². The van der Waals surface area contributed by atoms with Gasteiger partial charge in [-0.15, -0.1) is 15.7 Å². The topological polar surface area (TPSA) is 147 Å². The molecule has 3 heterocycles. The Morgan fingerprint density at radius 2 is 2.12 bits per heavy atom. The Morgan fingerprint density at radius 3 is 2.72 bits per heavy atom. The summed E-state index contributed by atoms with van der Waals surface area (Å²) in [5, 5.41) is 12.1. The summed E-state index contributed by atoms with van der Waals surface area (Å²) in [6.07, 6.45) is 1.68. The quantitative estimate of drug-likeness (QED) is 0.419. The smallest absolute Gasteiger partial charge is 0.254 e. The Hall–Kier alpha value is -2.19. The summed E-state index contributed by atoms with van der Waals surface area (Å²) < 4.78 is 51.8. The Labute approximate surface area is 193 Å². The molecule has 32 heavy (non-hydrogen) atoms. The zero-order valence-corrected chi connectivity index (χ0v) is 21.1. The summed E-state index contributed by atoms with van der Waals surface area (Å²) >= 11 is -0.861. The molecule has 3 aromatic rings. The molecule has 10 nitrogen and oxygen atoms in total. The van der Waals surface area contributed by atoms with Gasteiger partial charge in [0, 0.05) is 22.3 Å². The number of H-pyrrole nitrogens is 1. The van der Waals surface area contributed by atoms with Crippen molar-refractivity contribution in [1.82, 2.24) is 13.5 Å². The number of sulfonamides is 1. The van der Waals surface area contributed by atoms with E-state index in [9.17, 15) is 18.1 Å². The number of furan rings is 1. The molecule has 0 aliphatic carbocycles. The number of anilines is 2. The minimum atomic E-state index is -3.93. The number of aromatic amines is 1. The summed E-state index contributed by atoms with van der Waals surface area (Å²) in [5.41, 5.74) is 0.793. The SMILES string of the molecule is CC(C)c1coc(CN=c2[nH][s+]([O-])nc2N(C)c2csc(S(=O)(=O)NC(C)(C)C)c2O)c1. The highest BCUT2D eigenvalue weighted by atomic mass is 32.2. The van der Waals surface area contributed by atoms with Gasteiger partial charge in [0.05, 0.1) is 18.5 Å². The van der Waals surface area contributed by atoms with Crippen molar-refractivity contribution >= 4 is 44.0 Å². The van der Waals surface area contributed by atoms with Gasteiger partial charge in [-0.25, -0.2) is 13.1 Å². The third kappa shape index (κ3) is 5.41. The molecule has 0 aromatic carbocycles. The Kier molecular flexibility index (Phi) is 6.86. The second-order valence-corrected chi connectivity index (χ2v) is 12.2. The largest absolute Gasteiger partial charge is 0.548 e. The lowest BCUT2D eigenvalue weighted by molar-refractivity contribution is 0.458. The van der Waals surface area contributed by atoms with E-state index in [1.54, 1.807) is 34.1 Å². The van der Waals surface area contributed by atoms with Crippen LogP contribution in [0.3, 0.4) is 0 Å². The van der Waals surface area contributed by atoms with E-state index in [2.05, 4.69) is 32.3 Å². The van der Waals surface area contributed by atoms with E-state index in [1.807, 2.05) is 6.07 Å². The monoisotopic (exact) mass is 501 g/mol. The van der Waals surface area contributed by atoms with Gasteiger partial charge in [0.2, 0.25) is 11.3 Å². The van der Waals surface area contributed by atoms with Crippen LogP contribution in [0, 0.1) is 0 Å². The highest BCUT2D eigenvalue weighted by Crippen LogP contribution is 2.41. The molecule has 1 unspecified atom stereocenters. The summed E-state index contributed by atoms with van der Waals surface area (Å²) in [6.45, 7) is 9.44. The Morgan fingerprint density at radius 1 is 1.44 bits per heavy atom. The maximum atomic E-state index is 12.6. The van der Waals surface area contributed by atoms with Gasteiger partial charge in [0.15, 0.2) is 21.1 Å². The van der Waals surface area contributed by atoms with Crippen LogP contribution in [0.1, 0.15) is 51.9 Å². The Bertz CT molecular complexity index is 1260. The van der Waals surface area contributed by atoms with Gasteiger partial charge in [-0.2, -0.15) is 0 Å². The van der Waals surface area contributed by atoms with Gasteiger partial charge in [0.25, 0.3) is 10.0 Å². The first kappa shape index (κ1) is 24.5. The number of nitrogens with one attached hydrogen (secondary N) is 2. The number of nitrogens with zero attached hydrogens (tertiary/aromatic N) is 3. The molecule has 0 saturated carbocycles. The van der Waals surface area contributed by atoms with E-state index in [0.29, 0.717) is 11.7 Å². The molecule has 0 aliphatic rings. The second-order valence-electron chi connectivity index (χ2n) is 8.60. The number of aromatic hydroxyl groups is 1. The van der Waals surface area contributed by atoms with Crippen LogP contribution in [0.5, 0.6) is 5.75 Å². The number of rotatable bonds is 7. The zero-order chi connectivity index (χ0) is 23.8. The van der Waals surface area contributed by atoms with Crippen molar-refractivity contribution in [3.63, 3.8) is 0 Å². The van der Waals surface area contributed by atoms with Crippen LogP contribution in [-0.4, -0.2) is 39.4 Å². The van der Waals surface area contributed by atoms with Crippen LogP contribution < -0.4 is 15.1 Å². The van der Waals surface area contributed by atoms with Crippen LogP contribution in [0.2, 0.25) is 0 Å². The molecule has 0 spiro atoms. The molecule has 0 bridgehead atoms. The molecule has 0 fully saturated rings. The van der Waals surface area contributed by atoms with Crippen LogP contribution >= 0.6 is 22.5 Å². The van der Waals surface area contributed by atoms with Crippen molar-refractivity contribution in [2.75, 3.05) is 11.9 Å². The van der Waals surface area contributed by atoms with Gasteiger partial charge < -0.3 is 19.0 Å². The van der Waals surface area contributed by atoms with E-state index in [-0.39, 0.29) is 27.7 Å². The minimum Gasteiger partial charge on any atom is -0.548 e. The summed E-state index contributed by atoms with van der Waals surface area (Å²) in [7, 11) is -2.35. The van der Waals surface area contributed by atoms with Gasteiger partial charge >= 0.3 is 0 Å². The average molecular weight is 502 g/mol.